The van der Waals surface area contributed by atoms with E-state index in [1.165, 1.54) is 0 Å². The van der Waals surface area contributed by atoms with Crippen molar-refractivity contribution in [3.05, 3.63) is 0 Å². The summed E-state index contributed by atoms with van der Waals surface area (Å²) in [6.07, 6.45) is 0. The quantitative estimate of drug-likeness (QED) is 0.392. The number of phosphoric acid groups is 1. The van der Waals surface area contributed by atoms with E-state index in [0.29, 0.717) is 0 Å². The van der Waals surface area contributed by atoms with Crippen molar-refractivity contribution in [2.75, 3.05) is 7.05 Å². The molecule has 0 bridgehead atoms. The molecule has 0 aromatic carbocycles. The van der Waals surface area contributed by atoms with Crippen molar-refractivity contribution in [2.45, 2.75) is 0 Å². The van der Waals surface area contributed by atoms with Crippen LogP contribution in [0, 0.1) is 0 Å². The van der Waals surface area contributed by atoms with Crippen LogP contribution in [-0.4, -0.2) is 21.7 Å². The second-order valence-corrected chi connectivity index (χ2v) is 5.91. The largest absolute Gasteiger partial charge is 0.476 e. The van der Waals surface area contributed by atoms with Crippen molar-refractivity contribution < 1.29 is 23.6 Å². The maximum absolute atomic E-state index is 10.0. The third kappa shape index (κ3) is 5.44. The van der Waals surface area contributed by atoms with Crippen molar-refractivity contribution in [3.63, 3.8) is 0 Å². The number of hydrogen-bond acceptors (Lipinski definition) is 3. The van der Waals surface area contributed by atoms with Gasteiger partial charge in [0.1, 0.15) is 0 Å². The van der Waals surface area contributed by atoms with Crippen LogP contribution in [0.5, 0.6) is 0 Å². The molecule has 6 nitrogen and oxygen atoms in total. The number of nitrogens with zero attached hydrogens (tertiary/aromatic N) is 1. The minimum absolute atomic E-state index is 1.15. The average molecular weight is 207 g/mol. The van der Waals surface area contributed by atoms with Gasteiger partial charge in [-0.1, -0.05) is 12.2 Å². The van der Waals surface area contributed by atoms with E-state index in [1.54, 1.807) is 0 Å². The van der Waals surface area contributed by atoms with Gasteiger partial charge >= 0.3 is 7.82 Å². The van der Waals surface area contributed by atoms with Crippen LogP contribution in [0.25, 0.3) is 0 Å². The molecule has 0 aliphatic carbocycles. The molecule has 3 N–H and O–H groups in total. The molecule has 62 valence electrons. The molecule has 0 rings (SSSR count). The van der Waals surface area contributed by atoms with Gasteiger partial charge in [0.15, 0.2) is 0 Å². The van der Waals surface area contributed by atoms with Crippen molar-refractivity contribution in [2.24, 2.45) is 4.74 Å². The van der Waals surface area contributed by atoms with Gasteiger partial charge in [0.2, 0.25) is 0 Å². The molecule has 0 aromatic heterocycles. The Bertz CT molecular complexity index is 202. The van der Waals surface area contributed by atoms with Crippen LogP contribution < -0.4 is 0 Å². The lowest BCUT2D eigenvalue weighted by Gasteiger charge is -2.10. The molecule has 0 aromatic rings. The van der Waals surface area contributed by atoms with E-state index in [-0.39, 0.29) is 0 Å². The maximum Gasteiger partial charge on any atom is 0.476 e. The second kappa shape index (κ2) is 3.36. The van der Waals surface area contributed by atoms with Crippen molar-refractivity contribution >= 4 is 26.8 Å². The summed E-state index contributed by atoms with van der Waals surface area (Å²) in [4.78, 5) is 25.0. The van der Waals surface area contributed by atoms with E-state index >= 15 is 0 Å². The van der Waals surface area contributed by atoms with Gasteiger partial charge < -0.3 is 14.7 Å². The molecule has 9 heteroatoms. The topological polar surface area (TPSA) is 99.4 Å². The first-order chi connectivity index (χ1) is 4.27. The number of rotatable bonds is 2. The molecule has 1 atom stereocenters. The molecule has 0 fully saturated rings. The first kappa shape index (κ1) is 10.7. The van der Waals surface area contributed by atoms with Gasteiger partial charge in [-0.25, -0.2) is 13.6 Å². The Balaban J connectivity index is 4.32. The van der Waals surface area contributed by atoms with Crippen LogP contribution in [0.3, 0.4) is 0 Å². The van der Waals surface area contributed by atoms with E-state index in [2.05, 4.69) is 21.3 Å². The van der Waals surface area contributed by atoms with Crippen LogP contribution in [0.4, 0.5) is 0 Å². The van der Waals surface area contributed by atoms with E-state index in [1.807, 2.05) is 0 Å². The van der Waals surface area contributed by atoms with Gasteiger partial charge in [-0.05, 0) is 0 Å². The monoisotopic (exact) mass is 207 g/mol. The van der Waals surface area contributed by atoms with Gasteiger partial charge in [-0.15, -0.1) is 0 Å². The molecule has 10 heavy (non-hydrogen) atoms. The van der Waals surface area contributed by atoms with Crippen molar-refractivity contribution in [1.29, 1.82) is 0 Å². The van der Waals surface area contributed by atoms with E-state index in [9.17, 15) is 4.57 Å². The summed E-state index contributed by atoms with van der Waals surface area (Å²) in [7, 11) is -3.53. The summed E-state index contributed by atoms with van der Waals surface area (Å²) in [5, 5.41) is 0. The molecule has 0 amide bonds. The summed E-state index contributed by atoms with van der Waals surface area (Å²) in [5.41, 5.74) is 0. The Kier molecular flexibility index (Phi) is 3.58. The zero-order valence-corrected chi connectivity index (χ0v) is 7.63. The highest BCUT2D eigenvalue weighted by molar-refractivity contribution is 8.45. The van der Waals surface area contributed by atoms with Gasteiger partial charge in [-0.2, -0.15) is 0 Å². The fourth-order valence-corrected chi connectivity index (χ4v) is 2.47. The molecule has 0 saturated carbocycles. The summed E-state index contributed by atoms with van der Waals surface area (Å²) >= 11 is 3.37. The van der Waals surface area contributed by atoms with Gasteiger partial charge in [0.05, 0.1) is 0 Å². The van der Waals surface area contributed by atoms with Gasteiger partial charge in [-0.3, -0.25) is 0 Å². The third-order valence-corrected chi connectivity index (χ3v) is 3.92. The SMILES string of the molecule is CN=P(O)(S)OP(=O)(O)O. The Morgan fingerprint density at radius 2 is 1.90 bits per heavy atom. The van der Waals surface area contributed by atoms with Crippen molar-refractivity contribution in [3.8, 4) is 0 Å². The highest BCUT2D eigenvalue weighted by Crippen LogP contribution is 2.61. The van der Waals surface area contributed by atoms with E-state index in [0.717, 1.165) is 7.05 Å². The Hall–Kier alpha value is 0.650. The fourth-order valence-electron chi connectivity index (χ4n) is 0.179. The average Bonchev–Trinajstić information content (AvgIpc) is 1.60. The van der Waals surface area contributed by atoms with E-state index < -0.39 is 14.5 Å². The molecule has 0 aliphatic rings. The lowest BCUT2D eigenvalue weighted by atomic mass is 11.6. The first-order valence-electron chi connectivity index (χ1n) is 1.99. The van der Waals surface area contributed by atoms with Crippen molar-refractivity contribution in [1.82, 2.24) is 0 Å². The summed E-state index contributed by atoms with van der Waals surface area (Å²) < 4.78 is 17.0. The Morgan fingerprint density at radius 1 is 1.50 bits per heavy atom. The smallest absolute Gasteiger partial charge is 0.332 e. The molecule has 0 heterocycles. The lowest BCUT2D eigenvalue weighted by Crippen LogP contribution is -1.81. The maximum atomic E-state index is 10.0. The Morgan fingerprint density at radius 3 is 2.00 bits per heavy atom. The highest BCUT2D eigenvalue weighted by atomic mass is 32.7. The molecule has 1 unspecified atom stereocenters. The minimum atomic E-state index is -4.67. The van der Waals surface area contributed by atoms with E-state index in [4.69, 9.17) is 14.7 Å². The first-order valence-corrected chi connectivity index (χ1v) is 6.29. The van der Waals surface area contributed by atoms with Crippen LogP contribution in [0.1, 0.15) is 0 Å². The molecule has 0 saturated heterocycles. The zero-order chi connectivity index (χ0) is 8.41. The predicted molar refractivity (Wildman–Crippen MR) is 39.6 cm³/mol. The molecular weight excluding hydrogens is 200 g/mol. The summed E-state index contributed by atoms with van der Waals surface area (Å²) in [6, 6.07) is 0. The predicted octanol–water partition coefficient (Wildman–Crippen LogP) is 0.594. The van der Waals surface area contributed by atoms with Gasteiger partial charge in [0, 0.05) is 7.05 Å². The summed E-state index contributed by atoms with van der Waals surface area (Å²) in [5.74, 6) is 0. The summed E-state index contributed by atoms with van der Waals surface area (Å²) in [6.45, 7) is -3.49. The van der Waals surface area contributed by atoms with Crippen LogP contribution in [0.15, 0.2) is 4.74 Å². The number of hydrogen-bond donors (Lipinski definition) is 4. The Labute approximate surface area is 62.9 Å². The fraction of sp³-hybridized carbons (Fsp3) is 1.00. The second-order valence-electron chi connectivity index (χ2n) is 1.29. The normalized spacial score (nSPS) is 18.1. The molecule has 0 aliphatic heterocycles. The molecule has 0 spiro atoms. The van der Waals surface area contributed by atoms with Crippen LogP contribution in [0.2, 0.25) is 0 Å². The minimum Gasteiger partial charge on any atom is -0.332 e. The standard InChI is InChI=1S/CH7NO5P2S/c1-2-8(3,10)7-9(4,5)6/h3,10H,1H3,(H2,4,5,6). The zero-order valence-electron chi connectivity index (χ0n) is 4.95. The lowest BCUT2D eigenvalue weighted by molar-refractivity contribution is 0.283. The molecular formula is CH7NO5P2S. The van der Waals surface area contributed by atoms with Crippen LogP contribution in [-0.2, 0) is 8.88 Å². The third-order valence-electron chi connectivity index (χ3n) is 0.476. The number of thiol groups is 1. The van der Waals surface area contributed by atoms with Gasteiger partial charge in [0.25, 0.3) is 6.71 Å². The molecule has 0 radical (unpaired) electrons. The highest BCUT2D eigenvalue weighted by Gasteiger charge is 2.23. The van der Waals surface area contributed by atoms with Crippen LogP contribution >= 0.6 is 26.8 Å².